The fourth-order valence-electron chi connectivity index (χ4n) is 2.86. The zero-order valence-corrected chi connectivity index (χ0v) is 15.3. The Balaban J connectivity index is 2.08. The number of aromatic nitrogens is 2. The number of benzene rings is 1. The topological polar surface area (TPSA) is 50.6 Å². The first-order valence-corrected chi connectivity index (χ1v) is 8.80. The fraction of sp³-hybridized carbons (Fsp3) is 0.389. The van der Waals surface area contributed by atoms with Crippen molar-refractivity contribution >= 4 is 24.0 Å². The lowest BCUT2D eigenvalue weighted by Gasteiger charge is -2.34. The van der Waals surface area contributed by atoms with Crippen molar-refractivity contribution in [3.8, 4) is 5.69 Å². The number of anilines is 1. The summed E-state index contributed by atoms with van der Waals surface area (Å²) in [5.74, 6) is 0.197. The number of nitrogens with zero attached hydrogens (tertiary/aromatic N) is 4. The van der Waals surface area contributed by atoms with Crippen LogP contribution in [0.5, 0.6) is 0 Å². The summed E-state index contributed by atoms with van der Waals surface area (Å²) in [6, 6.07) is 9.65. The summed E-state index contributed by atoms with van der Waals surface area (Å²) in [7, 11) is 2.09. The second-order valence-electron chi connectivity index (χ2n) is 5.96. The average Bonchev–Trinajstić information content (AvgIpc) is 2.63. The Bertz CT molecular complexity index is 798. The van der Waals surface area contributed by atoms with Gasteiger partial charge in [-0.25, -0.2) is 9.78 Å². The Morgan fingerprint density at radius 3 is 2.52 bits per heavy atom. The summed E-state index contributed by atoms with van der Waals surface area (Å²) in [6.45, 7) is 5.54. The Hall–Kier alpha value is -2.25. The second-order valence-corrected chi connectivity index (χ2v) is 6.35. The van der Waals surface area contributed by atoms with Crippen LogP contribution in [0.4, 0.5) is 5.82 Å². The summed E-state index contributed by atoms with van der Waals surface area (Å²) in [5, 5.41) is 0. The maximum absolute atomic E-state index is 12.6. The largest absolute Gasteiger partial charge is 0.462 e. The van der Waals surface area contributed by atoms with Gasteiger partial charge in [-0.2, -0.15) is 0 Å². The SMILES string of the molecule is CCOC(=O)c1c(N2CCN(C)CC2)ncn(-c2ccccc2)c1=S. The number of ether oxygens (including phenoxy) is 1. The number of carbonyl (C=O) groups is 1. The van der Waals surface area contributed by atoms with E-state index in [1.165, 1.54) is 0 Å². The Morgan fingerprint density at radius 1 is 1.20 bits per heavy atom. The lowest BCUT2D eigenvalue weighted by Crippen LogP contribution is -2.45. The van der Waals surface area contributed by atoms with E-state index >= 15 is 0 Å². The van der Waals surface area contributed by atoms with Crippen molar-refractivity contribution in [2.45, 2.75) is 6.92 Å². The first-order chi connectivity index (χ1) is 12.1. The zero-order valence-electron chi connectivity index (χ0n) is 14.5. The van der Waals surface area contributed by atoms with Gasteiger partial charge in [0.05, 0.1) is 6.61 Å². The molecule has 0 radical (unpaired) electrons. The molecule has 2 heterocycles. The minimum absolute atomic E-state index is 0.302. The average molecular weight is 358 g/mol. The molecule has 0 amide bonds. The first kappa shape index (κ1) is 17.6. The Labute approximate surface area is 152 Å². The van der Waals surface area contributed by atoms with Gasteiger partial charge in [0.1, 0.15) is 22.3 Å². The molecular weight excluding hydrogens is 336 g/mol. The van der Waals surface area contributed by atoms with E-state index in [9.17, 15) is 4.79 Å². The third-order valence-electron chi connectivity index (χ3n) is 4.27. The highest BCUT2D eigenvalue weighted by Crippen LogP contribution is 2.23. The minimum atomic E-state index is -0.417. The molecule has 0 bridgehead atoms. The van der Waals surface area contributed by atoms with Gasteiger partial charge in [0, 0.05) is 31.9 Å². The minimum Gasteiger partial charge on any atom is -0.462 e. The molecule has 2 aromatic rings. The van der Waals surface area contributed by atoms with Gasteiger partial charge < -0.3 is 14.5 Å². The summed E-state index contributed by atoms with van der Waals surface area (Å²) in [4.78, 5) is 21.5. The molecule has 0 aliphatic carbocycles. The van der Waals surface area contributed by atoms with Crippen LogP contribution in [-0.2, 0) is 4.74 Å². The van der Waals surface area contributed by atoms with Gasteiger partial charge in [0.25, 0.3) is 0 Å². The molecule has 1 saturated heterocycles. The van der Waals surface area contributed by atoms with E-state index < -0.39 is 5.97 Å². The number of piperazine rings is 1. The van der Waals surface area contributed by atoms with Gasteiger partial charge in [0.2, 0.25) is 0 Å². The van der Waals surface area contributed by atoms with Gasteiger partial charge in [-0.05, 0) is 26.1 Å². The summed E-state index contributed by atoms with van der Waals surface area (Å²) in [6.07, 6.45) is 1.69. The molecule has 132 valence electrons. The number of para-hydroxylation sites is 1. The van der Waals surface area contributed by atoms with Crippen LogP contribution in [0.2, 0.25) is 0 Å². The van der Waals surface area contributed by atoms with Crippen LogP contribution in [-0.4, -0.2) is 60.3 Å². The van der Waals surface area contributed by atoms with Crippen LogP contribution in [0.25, 0.3) is 5.69 Å². The van der Waals surface area contributed by atoms with Gasteiger partial charge in [-0.3, -0.25) is 4.57 Å². The van der Waals surface area contributed by atoms with Crippen molar-refractivity contribution < 1.29 is 9.53 Å². The molecule has 1 aliphatic rings. The van der Waals surface area contributed by atoms with Gasteiger partial charge >= 0.3 is 5.97 Å². The van der Waals surface area contributed by atoms with Crippen molar-refractivity contribution in [3.63, 3.8) is 0 Å². The predicted octanol–water partition coefficient (Wildman–Crippen LogP) is 2.53. The molecule has 1 fully saturated rings. The Morgan fingerprint density at radius 2 is 1.88 bits per heavy atom. The van der Waals surface area contributed by atoms with Crippen molar-refractivity contribution in [1.82, 2.24) is 14.5 Å². The zero-order chi connectivity index (χ0) is 17.8. The normalized spacial score (nSPS) is 15.2. The molecule has 3 rings (SSSR count). The number of esters is 1. The lowest BCUT2D eigenvalue weighted by atomic mass is 10.2. The number of hydrogen-bond donors (Lipinski definition) is 0. The third kappa shape index (κ3) is 3.72. The van der Waals surface area contributed by atoms with Crippen LogP contribution in [0, 0.1) is 4.64 Å². The number of likely N-dealkylation sites (N-methyl/N-ethyl adjacent to an activating group) is 1. The fourth-order valence-corrected chi connectivity index (χ4v) is 3.19. The molecule has 0 atom stereocenters. The quantitative estimate of drug-likeness (QED) is 0.618. The molecule has 0 saturated carbocycles. The predicted molar refractivity (Wildman–Crippen MR) is 100 cm³/mol. The molecule has 0 spiro atoms. The smallest absolute Gasteiger partial charge is 0.344 e. The highest BCUT2D eigenvalue weighted by molar-refractivity contribution is 7.71. The molecule has 1 aromatic heterocycles. The number of carbonyl (C=O) groups excluding carboxylic acids is 1. The molecule has 1 aliphatic heterocycles. The van der Waals surface area contributed by atoms with Crippen molar-refractivity contribution in [2.75, 3.05) is 44.7 Å². The summed E-state index contributed by atoms with van der Waals surface area (Å²) in [5.41, 5.74) is 1.24. The highest BCUT2D eigenvalue weighted by atomic mass is 32.1. The monoisotopic (exact) mass is 358 g/mol. The van der Waals surface area contributed by atoms with Crippen LogP contribution in [0.3, 0.4) is 0 Å². The number of rotatable bonds is 4. The molecule has 1 aromatic carbocycles. The van der Waals surface area contributed by atoms with Crippen LogP contribution >= 0.6 is 12.2 Å². The molecule has 6 nitrogen and oxygen atoms in total. The molecular formula is C18H22N4O2S. The maximum Gasteiger partial charge on any atom is 0.344 e. The maximum atomic E-state index is 12.6. The van der Waals surface area contributed by atoms with Gasteiger partial charge in [-0.1, -0.05) is 30.4 Å². The van der Waals surface area contributed by atoms with Crippen molar-refractivity contribution in [1.29, 1.82) is 0 Å². The van der Waals surface area contributed by atoms with E-state index in [0.29, 0.717) is 22.6 Å². The molecule has 25 heavy (non-hydrogen) atoms. The van der Waals surface area contributed by atoms with E-state index in [4.69, 9.17) is 17.0 Å². The molecule has 7 heteroatoms. The van der Waals surface area contributed by atoms with Crippen LogP contribution in [0.15, 0.2) is 36.7 Å². The lowest BCUT2D eigenvalue weighted by molar-refractivity contribution is 0.0525. The van der Waals surface area contributed by atoms with Crippen molar-refractivity contribution in [3.05, 3.63) is 46.9 Å². The molecule has 0 N–H and O–H groups in total. The standard InChI is InChI=1S/C18H22N4O2S/c1-3-24-18(23)15-16(21-11-9-20(2)10-12-21)19-13-22(17(15)25)14-7-5-4-6-8-14/h4-8,13H,3,9-12H2,1-2H3. The Kier molecular flexibility index (Phi) is 5.45. The van der Waals surface area contributed by atoms with Crippen molar-refractivity contribution in [2.24, 2.45) is 0 Å². The molecule has 0 unspecified atom stereocenters. The van der Waals surface area contributed by atoms with Crippen LogP contribution < -0.4 is 4.90 Å². The van der Waals surface area contributed by atoms with E-state index in [-0.39, 0.29) is 0 Å². The van der Waals surface area contributed by atoms with E-state index in [1.54, 1.807) is 17.8 Å². The van der Waals surface area contributed by atoms with E-state index in [1.807, 2.05) is 30.3 Å². The third-order valence-corrected chi connectivity index (χ3v) is 4.67. The van der Waals surface area contributed by atoms with Crippen LogP contribution in [0.1, 0.15) is 17.3 Å². The van der Waals surface area contributed by atoms with Gasteiger partial charge in [0.15, 0.2) is 0 Å². The van der Waals surface area contributed by atoms with E-state index in [2.05, 4.69) is 21.8 Å². The second kappa shape index (κ2) is 7.76. The summed E-state index contributed by atoms with van der Waals surface area (Å²) >= 11 is 5.63. The highest BCUT2D eigenvalue weighted by Gasteiger charge is 2.25. The summed E-state index contributed by atoms with van der Waals surface area (Å²) < 4.78 is 7.43. The number of hydrogen-bond acceptors (Lipinski definition) is 6. The van der Waals surface area contributed by atoms with E-state index in [0.717, 1.165) is 31.9 Å². The first-order valence-electron chi connectivity index (χ1n) is 8.39. The van der Waals surface area contributed by atoms with Gasteiger partial charge in [-0.15, -0.1) is 0 Å².